The third-order valence-electron chi connectivity index (χ3n) is 2.34. The zero-order valence-electron chi connectivity index (χ0n) is 8.67. The first-order chi connectivity index (χ1) is 8.09. The maximum Gasteiger partial charge on any atom is 0.372 e. The van der Waals surface area contributed by atoms with Crippen LogP contribution in [0.3, 0.4) is 0 Å². The third-order valence-corrected chi connectivity index (χ3v) is 3.30. The minimum Gasteiger partial charge on any atom is -0.475 e. The number of carbonyl (C=O) groups is 3. The van der Waals surface area contributed by atoms with Crippen molar-refractivity contribution >= 4 is 39.0 Å². The predicted octanol–water partition coefficient (Wildman–Crippen LogP) is 2.13. The lowest BCUT2D eigenvalue weighted by Gasteiger charge is -1.96. The van der Waals surface area contributed by atoms with E-state index in [4.69, 9.17) is 5.11 Å². The van der Waals surface area contributed by atoms with Crippen molar-refractivity contribution in [1.29, 1.82) is 0 Å². The summed E-state index contributed by atoms with van der Waals surface area (Å²) in [5.41, 5.74) is 0.417. The average Bonchev–Trinajstić information content (AvgIpc) is 2.72. The van der Waals surface area contributed by atoms with Gasteiger partial charge in [-0.15, -0.1) is 11.3 Å². The van der Waals surface area contributed by atoms with Crippen molar-refractivity contribution in [3.8, 4) is 0 Å². The second-order valence-electron chi connectivity index (χ2n) is 3.47. The molecule has 2 aromatic rings. The highest BCUT2D eigenvalue weighted by atomic mass is 32.1. The molecule has 5 heteroatoms. The van der Waals surface area contributed by atoms with Crippen LogP contribution in [-0.4, -0.2) is 22.6 Å². The normalized spacial score (nSPS) is 10.4. The van der Waals surface area contributed by atoms with Gasteiger partial charge in [-0.2, -0.15) is 0 Å². The number of ketones is 2. The van der Waals surface area contributed by atoms with E-state index >= 15 is 0 Å². The van der Waals surface area contributed by atoms with Crippen molar-refractivity contribution in [3.63, 3.8) is 0 Å². The van der Waals surface area contributed by atoms with Crippen LogP contribution in [0.25, 0.3) is 10.1 Å². The lowest BCUT2D eigenvalue weighted by atomic mass is 10.1. The number of rotatable bonds is 4. The quantitative estimate of drug-likeness (QED) is 0.511. The second-order valence-corrected chi connectivity index (χ2v) is 4.39. The summed E-state index contributed by atoms with van der Waals surface area (Å²) in [6, 6.07) is 7.31. The lowest BCUT2D eigenvalue weighted by molar-refractivity contribution is -0.148. The number of hydrogen-bond acceptors (Lipinski definition) is 4. The van der Waals surface area contributed by atoms with Crippen molar-refractivity contribution in [1.82, 2.24) is 0 Å². The Morgan fingerprint density at radius 3 is 2.59 bits per heavy atom. The van der Waals surface area contributed by atoms with Gasteiger partial charge in [0.25, 0.3) is 0 Å². The summed E-state index contributed by atoms with van der Waals surface area (Å²) in [6.45, 7) is 0. The molecule has 1 aromatic carbocycles. The van der Waals surface area contributed by atoms with E-state index in [0.29, 0.717) is 5.56 Å². The molecular formula is C12H8O4S. The number of hydrogen-bond donors (Lipinski definition) is 1. The molecule has 86 valence electrons. The van der Waals surface area contributed by atoms with Crippen molar-refractivity contribution in [2.45, 2.75) is 6.42 Å². The van der Waals surface area contributed by atoms with Crippen LogP contribution in [0.1, 0.15) is 16.8 Å². The molecule has 0 spiro atoms. The molecule has 0 radical (unpaired) electrons. The predicted molar refractivity (Wildman–Crippen MR) is 63.4 cm³/mol. The summed E-state index contributed by atoms with van der Waals surface area (Å²) in [5.74, 6) is -3.10. The Bertz CT molecular complexity index is 612. The Kier molecular flexibility index (Phi) is 3.01. The average molecular weight is 248 g/mol. The van der Waals surface area contributed by atoms with Gasteiger partial charge in [0, 0.05) is 21.0 Å². The fourth-order valence-corrected chi connectivity index (χ4v) is 2.48. The molecule has 0 saturated carbocycles. The molecule has 17 heavy (non-hydrogen) atoms. The molecule has 0 fully saturated rings. The van der Waals surface area contributed by atoms with Crippen molar-refractivity contribution in [2.24, 2.45) is 0 Å². The molecular weight excluding hydrogens is 240 g/mol. The topological polar surface area (TPSA) is 71.4 Å². The molecule has 0 aliphatic heterocycles. The van der Waals surface area contributed by atoms with Crippen molar-refractivity contribution in [2.75, 3.05) is 0 Å². The summed E-state index contributed by atoms with van der Waals surface area (Å²) < 4.78 is 0.943. The Hall–Kier alpha value is -2.01. The zero-order valence-corrected chi connectivity index (χ0v) is 9.49. The Labute approximate surface area is 100 Å². The number of aliphatic carboxylic acids is 1. The Morgan fingerprint density at radius 2 is 1.88 bits per heavy atom. The summed E-state index contributed by atoms with van der Waals surface area (Å²) in [4.78, 5) is 33.1. The van der Waals surface area contributed by atoms with Gasteiger partial charge in [0.15, 0.2) is 5.78 Å². The number of carbonyl (C=O) groups excluding carboxylic acids is 2. The largest absolute Gasteiger partial charge is 0.475 e. The number of thiophene rings is 1. The van der Waals surface area contributed by atoms with E-state index in [-0.39, 0.29) is 0 Å². The van der Waals surface area contributed by atoms with Crippen LogP contribution in [0, 0.1) is 0 Å². The van der Waals surface area contributed by atoms with Crippen LogP contribution >= 0.6 is 11.3 Å². The van der Waals surface area contributed by atoms with Crippen LogP contribution in [0.5, 0.6) is 0 Å². The number of carboxylic acids is 1. The van der Waals surface area contributed by atoms with Gasteiger partial charge in [-0.3, -0.25) is 9.59 Å². The van der Waals surface area contributed by atoms with Gasteiger partial charge >= 0.3 is 5.97 Å². The van der Waals surface area contributed by atoms with Gasteiger partial charge < -0.3 is 5.11 Å². The Balaban J connectivity index is 2.31. The molecule has 0 aliphatic carbocycles. The molecule has 1 aromatic heterocycles. The summed E-state index contributed by atoms with van der Waals surface area (Å²) in [6.07, 6.45) is -0.587. The fourth-order valence-electron chi connectivity index (χ4n) is 1.51. The molecule has 1 heterocycles. The molecule has 0 amide bonds. The molecule has 2 rings (SSSR count). The van der Waals surface area contributed by atoms with Crippen LogP contribution in [0.2, 0.25) is 0 Å². The highest BCUT2D eigenvalue weighted by molar-refractivity contribution is 7.17. The molecule has 4 nitrogen and oxygen atoms in total. The van der Waals surface area contributed by atoms with Gasteiger partial charge in [0.2, 0.25) is 5.78 Å². The number of carboxylic acid groups (broad SMARTS) is 1. The third kappa shape index (κ3) is 2.24. The minimum absolute atomic E-state index is 0.417. The molecule has 1 N–H and O–H groups in total. The molecule has 0 atom stereocenters. The van der Waals surface area contributed by atoms with Gasteiger partial charge in [-0.05, 0) is 6.07 Å². The van der Waals surface area contributed by atoms with E-state index in [9.17, 15) is 14.4 Å². The van der Waals surface area contributed by atoms with E-state index in [1.807, 2.05) is 12.1 Å². The summed E-state index contributed by atoms with van der Waals surface area (Å²) in [7, 11) is 0. The number of Topliss-reactive ketones (excluding diaryl/α,β-unsaturated/α-hetero) is 2. The molecule has 0 unspecified atom stereocenters. The van der Waals surface area contributed by atoms with E-state index < -0.39 is 24.0 Å². The maximum absolute atomic E-state index is 11.8. The van der Waals surface area contributed by atoms with E-state index in [1.165, 1.54) is 11.3 Å². The van der Waals surface area contributed by atoms with E-state index in [2.05, 4.69) is 0 Å². The minimum atomic E-state index is -1.57. The smallest absolute Gasteiger partial charge is 0.372 e. The van der Waals surface area contributed by atoms with Gasteiger partial charge in [-0.25, -0.2) is 4.79 Å². The van der Waals surface area contributed by atoms with Gasteiger partial charge in [0.05, 0.1) is 6.42 Å². The first kappa shape index (κ1) is 11.5. The fraction of sp³-hybridized carbons (Fsp3) is 0.0833. The first-order valence-corrected chi connectivity index (χ1v) is 5.73. The highest BCUT2D eigenvalue weighted by Gasteiger charge is 2.19. The van der Waals surface area contributed by atoms with Crippen molar-refractivity contribution in [3.05, 3.63) is 35.2 Å². The van der Waals surface area contributed by atoms with E-state index in [1.54, 1.807) is 17.5 Å². The van der Waals surface area contributed by atoms with Crippen LogP contribution < -0.4 is 0 Å². The zero-order chi connectivity index (χ0) is 12.4. The van der Waals surface area contributed by atoms with Crippen LogP contribution in [-0.2, 0) is 9.59 Å². The number of benzene rings is 1. The standard InChI is InChI=1S/C12H8O4S/c13-9(5-10(14)12(15)16)8-6-17-11-4-2-1-3-7(8)11/h1-4,6H,5H2,(H,15,16). The Morgan fingerprint density at radius 1 is 1.18 bits per heavy atom. The monoisotopic (exact) mass is 248 g/mol. The van der Waals surface area contributed by atoms with Crippen LogP contribution in [0.4, 0.5) is 0 Å². The second kappa shape index (κ2) is 4.47. The van der Waals surface area contributed by atoms with Crippen LogP contribution in [0.15, 0.2) is 29.6 Å². The highest BCUT2D eigenvalue weighted by Crippen LogP contribution is 2.26. The lowest BCUT2D eigenvalue weighted by Crippen LogP contribution is -2.16. The number of fused-ring (bicyclic) bond motifs is 1. The molecule has 0 saturated heterocycles. The maximum atomic E-state index is 11.8. The SMILES string of the molecule is O=C(O)C(=O)CC(=O)c1csc2ccccc12. The van der Waals surface area contributed by atoms with Gasteiger partial charge in [0.1, 0.15) is 0 Å². The van der Waals surface area contributed by atoms with Gasteiger partial charge in [-0.1, -0.05) is 18.2 Å². The first-order valence-electron chi connectivity index (χ1n) is 4.85. The molecule has 0 aliphatic rings. The van der Waals surface area contributed by atoms with Crippen molar-refractivity contribution < 1.29 is 19.5 Å². The summed E-state index contributed by atoms with van der Waals surface area (Å²) in [5, 5.41) is 10.9. The summed E-state index contributed by atoms with van der Waals surface area (Å²) >= 11 is 1.40. The molecule has 0 bridgehead atoms. The van der Waals surface area contributed by atoms with E-state index in [0.717, 1.165) is 10.1 Å².